The van der Waals surface area contributed by atoms with Crippen LogP contribution >= 0.6 is 12.2 Å². The SMILES string of the molecule is CC(C)Nc1[nH]c(=S)ncc1[N+](=O)[O-]. The van der Waals surface area contributed by atoms with Crippen molar-refractivity contribution in [1.82, 2.24) is 9.97 Å². The zero-order valence-corrected chi connectivity index (χ0v) is 8.59. The second-order valence-electron chi connectivity index (χ2n) is 3.00. The molecule has 0 saturated carbocycles. The summed E-state index contributed by atoms with van der Waals surface area (Å²) in [7, 11) is 0. The highest BCUT2D eigenvalue weighted by molar-refractivity contribution is 7.71. The minimum Gasteiger partial charge on any atom is -0.364 e. The Labute approximate surface area is 85.5 Å². The summed E-state index contributed by atoms with van der Waals surface area (Å²) in [4.78, 5) is 16.4. The van der Waals surface area contributed by atoms with Crippen LogP contribution in [-0.4, -0.2) is 20.9 Å². The Morgan fingerprint density at radius 3 is 2.86 bits per heavy atom. The Kier molecular flexibility index (Phi) is 3.13. The number of rotatable bonds is 3. The van der Waals surface area contributed by atoms with E-state index < -0.39 is 4.92 Å². The maximum absolute atomic E-state index is 10.6. The molecule has 0 fully saturated rings. The Morgan fingerprint density at radius 2 is 2.36 bits per heavy atom. The Balaban J connectivity index is 3.16. The highest BCUT2D eigenvalue weighted by Crippen LogP contribution is 2.19. The third-order valence-corrected chi connectivity index (χ3v) is 1.63. The van der Waals surface area contributed by atoms with Crippen molar-refractivity contribution < 1.29 is 4.92 Å². The molecule has 1 rings (SSSR count). The van der Waals surface area contributed by atoms with Crippen LogP contribution in [0, 0.1) is 14.9 Å². The van der Waals surface area contributed by atoms with Gasteiger partial charge in [0.2, 0.25) is 0 Å². The minimum absolute atomic E-state index is 0.0850. The highest BCUT2D eigenvalue weighted by Gasteiger charge is 2.14. The van der Waals surface area contributed by atoms with E-state index in [-0.39, 0.29) is 16.5 Å². The molecule has 6 nitrogen and oxygen atoms in total. The zero-order chi connectivity index (χ0) is 10.7. The molecule has 0 aliphatic rings. The van der Waals surface area contributed by atoms with Crippen molar-refractivity contribution in [3.05, 3.63) is 21.1 Å². The van der Waals surface area contributed by atoms with E-state index in [4.69, 9.17) is 12.2 Å². The van der Waals surface area contributed by atoms with Crippen molar-refractivity contribution >= 4 is 23.7 Å². The predicted octanol–water partition coefficient (Wildman–Crippen LogP) is 1.87. The van der Waals surface area contributed by atoms with E-state index in [0.29, 0.717) is 5.82 Å². The summed E-state index contributed by atoms with van der Waals surface area (Å²) in [6.07, 6.45) is 1.14. The minimum atomic E-state index is -0.511. The molecule has 0 bridgehead atoms. The number of hydrogen-bond donors (Lipinski definition) is 2. The molecule has 0 unspecified atom stereocenters. The molecule has 2 N–H and O–H groups in total. The topological polar surface area (TPSA) is 83.8 Å². The highest BCUT2D eigenvalue weighted by atomic mass is 32.1. The van der Waals surface area contributed by atoms with Crippen LogP contribution in [0.25, 0.3) is 0 Å². The Hall–Kier alpha value is -1.50. The average Bonchev–Trinajstić information content (AvgIpc) is 2.01. The van der Waals surface area contributed by atoms with Crippen LogP contribution in [0.4, 0.5) is 11.5 Å². The van der Waals surface area contributed by atoms with Gasteiger partial charge in [-0.2, -0.15) is 0 Å². The van der Waals surface area contributed by atoms with Crippen molar-refractivity contribution in [1.29, 1.82) is 0 Å². The summed E-state index contributed by atoms with van der Waals surface area (Å²) >= 11 is 4.77. The van der Waals surface area contributed by atoms with Crippen LogP contribution in [-0.2, 0) is 0 Å². The van der Waals surface area contributed by atoms with Crippen LogP contribution < -0.4 is 5.32 Å². The number of anilines is 1. The first kappa shape index (κ1) is 10.6. The monoisotopic (exact) mass is 214 g/mol. The molecule has 1 heterocycles. The average molecular weight is 214 g/mol. The Morgan fingerprint density at radius 1 is 1.71 bits per heavy atom. The third-order valence-electron chi connectivity index (χ3n) is 1.42. The predicted molar refractivity (Wildman–Crippen MR) is 54.8 cm³/mol. The first-order valence-corrected chi connectivity index (χ1v) is 4.41. The number of aromatic amines is 1. The van der Waals surface area contributed by atoms with Crippen LogP contribution in [0.2, 0.25) is 0 Å². The van der Waals surface area contributed by atoms with Crippen LogP contribution in [0.5, 0.6) is 0 Å². The second kappa shape index (κ2) is 4.14. The van der Waals surface area contributed by atoms with Crippen molar-refractivity contribution in [2.24, 2.45) is 0 Å². The summed E-state index contributed by atoms with van der Waals surface area (Å²) in [5.74, 6) is 0.296. The van der Waals surface area contributed by atoms with E-state index in [1.165, 1.54) is 0 Å². The molecule has 0 saturated heterocycles. The van der Waals surface area contributed by atoms with Gasteiger partial charge in [-0.25, -0.2) is 4.98 Å². The van der Waals surface area contributed by atoms with Crippen LogP contribution in [0.15, 0.2) is 6.20 Å². The lowest BCUT2D eigenvalue weighted by atomic mass is 10.4. The van der Waals surface area contributed by atoms with Gasteiger partial charge >= 0.3 is 5.69 Å². The molecule has 0 atom stereocenters. The maximum atomic E-state index is 10.6. The molecule has 1 aromatic rings. The van der Waals surface area contributed by atoms with Gasteiger partial charge in [-0.1, -0.05) is 0 Å². The lowest BCUT2D eigenvalue weighted by Gasteiger charge is -2.08. The van der Waals surface area contributed by atoms with Gasteiger partial charge < -0.3 is 10.3 Å². The largest absolute Gasteiger partial charge is 0.364 e. The summed E-state index contributed by atoms with van der Waals surface area (Å²) in [6.45, 7) is 3.75. The van der Waals surface area contributed by atoms with Crippen LogP contribution in [0.3, 0.4) is 0 Å². The smallest absolute Gasteiger partial charge is 0.327 e. The van der Waals surface area contributed by atoms with Gasteiger partial charge in [-0.05, 0) is 26.1 Å². The maximum Gasteiger partial charge on any atom is 0.327 e. The third kappa shape index (κ3) is 2.49. The number of hydrogen-bond acceptors (Lipinski definition) is 5. The first-order valence-electron chi connectivity index (χ1n) is 4.01. The first-order chi connectivity index (χ1) is 6.50. The summed E-state index contributed by atoms with van der Waals surface area (Å²) in [6, 6.07) is 0.0850. The molecule has 0 aliphatic carbocycles. The Bertz CT molecular complexity index is 401. The fourth-order valence-corrected chi connectivity index (χ4v) is 1.08. The van der Waals surface area contributed by atoms with E-state index in [2.05, 4.69) is 15.3 Å². The zero-order valence-electron chi connectivity index (χ0n) is 7.77. The molecule has 0 amide bonds. The molecule has 0 spiro atoms. The van der Waals surface area contributed by atoms with Gasteiger partial charge in [-0.15, -0.1) is 0 Å². The van der Waals surface area contributed by atoms with Gasteiger partial charge in [0.05, 0.1) is 4.92 Å². The van der Waals surface area contributed by atoms with E-state index >= 15 is 0 Å². The van der Waals surface area contributed by atoms with E-state index in [0.717, 1.165) is 6.20 Å². The van der Waals surface area contributed by atoms with Gasteiger partial charge in [0.1, 0.15) is 6.20 Å². The normalized spacial score (nSPS) is 10.2. The molecule has 0 radical (unpaired) electrons. The summed E-state index contributed by atoms with van der Waals surface area (Å²) in [5, 5.41) is 13.5. The molecule has 0 aliphatic heterocycles. The molecule has 1 aromatic heterocycles. The standard InChI is InChI=1S/C7H10N4O2S/c1-4(2)9-6-5(11(12)13)3-8-7(14)10-6/h3-4H,1-2H3,(H2,8,9,10,14). The van der Waals surface area contributed by atoms with Crippen LogP contribution in [0.1, 0.15) is 13.8 Å². The van der Waals surface area contributed by atoms with Crippen molar-refractivity contribution in [3.63, 3.8) is 0 Å². The van der Waals surface area contributed by atoms with Gasteiger partial charge in [0, 0.05) is 6.04 Å². The number of nitro groups is 1. The molecule has 0 aromatic carbocycles. The quantitative estimate of drug-likeness (QED) is 0.456. The number of nitrogens with zero attached hydrogens (tertiary/aromatic N) is 2. The lowest BCUT2D eigenvalue weighted by molar-refractivity contribution is -0.384. The van der Waals surface area contributed by atoms with E-state index in [1.54, 1.807) is 0 Å². The fourth-order valence-electron chi connectivity index (χ4n) is 0.925. The van der Waals surface area contributed by atoms with Gasteiger partial charge in [-0.3, -0.25) is 10.1 Å². The molecular weight excluding hydrogens is 204 g/mol. The van der Waals surface area contributed by atoms with Crippen molar-refractivity contribution in [2.45, 2.75) is 19.9 Å². The lowest BCUT2D eigenvalue weighted by Crippen LogP contribution is -2.13. The molecule has 14 heavy (non-hydrogen) atoms. The fraction of sp³-hybridized carbons (Fsp3) is 0.429. The number of H-pyrrole nitrogens is 1. The molecule has 76 valence electrons. The molecular formula is C7H10N4O2S. The summed E-state index contributed by atoms with van der Waals surface area (Å²) in [5.41, 5.74) is -0.104. The van der Waals surface area contributed by atoms with Gasteiger partial charge in [0.15, 0.2) is 10.6 Å². The van der Waals surface area contributed by atoms with Crippen molar-refractivity contribution in [2.75, 3.05) is 5.32 Å². The van der Waals surface area contributed by atoms with Crippen molar-refractivity contribution in [3.8, 4) is 0 Å². The van der Waals surface area contributed by atoms with E-state index in [9.17, 15) is 10.1 Å². The van der Waals surface area contributed by atoms with E-state index in [1.807, 2.05) is 13.8 Å². The number of aromatic nitrogens is 2. The number of nitrogens with one attached hydrogen (secondary N) is 2. The van der Waals surface area contributed by atoms with Gasteiger partial charge in [0.25, 0.3) is 0 Å². The second-order valence-corrected chi connectivity index (χ2v) is 3.39. The molecule has 7 heteroatoms. The summed E-state index contributed by atoms with van der Waals surface area (Å²) < 4.78 is 0.221.